The van der Waals surface area contributed by atoms with Crippen molar-refractivity contribution < 1.29 is 18.6 Å². The zero-order valence-electron chi connectivity index (χ0n) is 19.2. The van der Waals surface area contributed by atoms with Gasteiger partial charge in [0.2, 0.25) is 0 Å². The van der Waals surface area contributed by atoms with Gasteiger partial charge in [-0.2, -0.15) is 0 Å². The van der Waals surface area contributed by atoms with E-state index in [2.05, 4.69) is 0 Å². The van der Waals surface area contributed by atoms with Crippen molar-refractivity contribution in [3.05, 3.63) is 144 Å². The van der Waals surface area contributed by atoms with Crippen molar-refractivity contribution in [2.75, 3.05) is 0 Å². The van der Waals surface area contributed by atoms with Gasteiger partial charge in [-0.05, 0) is 35.1 Å². The van der Waals surface area contributed by atoms with Gasteiger partial charge in [-0.25, -0.2) is 8.42 Å². The molecule has 178 valence electrons. The van der Waals surface area contributed by atoms with Crippen LogP contribution in [-0.2, 0) is 21.0 Å². The van der Waals surface area contributed by atoms with Crippen LogP contribution >= 0.6 is 0 Å². The molecular formula is C30H28O4S. The number of rotatable bonds is 6. The van der Waals surface area contributed by atoms with E-state index in [0.29, 0.717) is 22.3 Å². The summed E-state index contributed by atoms with van der Waals surface area (Å²) < 4.78 is 28.7. The third-order valence-corrected chi connectivity index (χ3v) is 10.0. The topological polar surface area (TPSA) is 74.6 Å². The zero-order valence-corrected chi connectivity index (χ0v) is 20.1. The lowest BCUT2D eigenvalue weighted by Gasteiger charge is -2.38. The minimum absolute atomic E-state index is 0.218. The highest BCUT2D eigenvalue weighted by atomic mass is 32.2. The van der Waals surface area contributed by atoms with Crippen molar-refractivity contribution >= 4 is 9.84 Å². The molecule has 0 spiro atoms. The Morgan fingerprint density at radius 2 is 0.714 bits per heavy atom. The van der Waals surface area contributed by atoms with Crippen LogP contribution in [-0.4, -0.2) is 29.1 Å². The van der Waals surface area contributed by atoms with Gasteiger partial charge >= 0.3 is 0 Å². The van der Waals surface area contributed by atoms with Gasteiger partial charge < -0.3 is 10.2 Å². The number of hydrogen-bond acceptors (Lipinski definition) is 4. The molecule has 5 rings (SSSR count). The SMILES string of the molecule is O=S1(=O)[C@@H](C(O)(c2ccccc2)c2ccccc2)CC[C@@H]1C(O)(c1ccccc1)c1ccccc1. The Bertz CT molecular complexity index is 1190. The second kappa shape index (κ2) is 9.08. The van der Waals surface area contributed by atoms with E-state index in [9.17, 15) is 18.6 Å². The molecule has 2 atom stereocenters. The van der Waals surface area contributed by atoms with Crippen LogP contribution in [0, 0.1) is 0 Å². The van der Waals surface area contributed by atoms with Gasteiger partial charge in [0.25, 0.3) is 0 Å². The Hall–Kier alpha value is -3.25. The van der Waals surface area contributed by atoms with Crippen molar-refractivity contribution in [3.63, 3.8) is 0 Å². The van der Waals surface area contributed by atoms with Gasteiger partial charge in [0.05, 0.1) is 10.5 Å². The second-order valence-corrected chi connectivity index (χ2v) is 11.5. The summed E-state index contributed by atoms with van der Waals surface area (Å²) in [5.41, 5.74) is -1.45. The van der Waals surface area contributed by atoms with Gasteiger partial charge in [-0.3, -0.25) is 0 Å². The molecule has 5 heteroatoms. The maximum absolute atomic E-state index is 14.4. The molecule has 1 aliphatic heterocycles. The molecule has 0 aliphatic carbocycles. The standard InChI is InChI=1S/C30H28O4S/c31-29(23-13-5-1-6-14-23,24-15-7-2-8-16-24)27-21-22-28(35(27,33)34)30(32,25-17-9-3-10-18-25)26-19-11-4-12-20-26/h1-20,27-28,31-32H,21-22H2/t27-,28-/m1/s1. The van der Waals surface area contributed by atoms with Crippen molar-refractivity contribution in [1.29, 1.82) is 0 Å². The first-order valence-electron chi connectivity index (χ1n) is 11.8. The molecule has 1 fully saturated rings. The fraction of sp³-hybridized carbons (Fsp3) is 0.200. The van der Waals surface area contributed by atoms with Crippen LogP contribution in [0.15, 0.2) is 121 Å². The molecule has 2 N–H and O–H groups in total. The minimum Gasteiger partial charge on any atom is -0.379 e. The number of benzene rings is 4. The highest BCUT2D eigenvalue weighted by molar-refractivity contribution is 7.93. The molecule has 4 aromatic rings. The minimum atomic E-state index is -4.04. The number of aliphatic hydroxyl groups is 2. The van der Waals surface area contributed by atoms with Crippen molar-refractivity contribution in [1.82, 2.24) is 0 Å². The largest absolute Gasteiger partial charge is 0.379 e. The van der Waals surface area contributed by atoms with E-state index in [4.69, 9.17) is 0 Å². The fourth-order valence-electron chi connectivity index (χ4n) is 5.57. The fourth-order valence-corrected chi connectivity index (χ4v) is 8.39. The third kappa shape index (κ3) is 3.80. The van der Waals surface area contributed by atoms with Crippen molar-refractivity contribution in [2.45, 2.75) is 34.5 Å². The molecule has 1 saturated heterocycles. The Balaban J connectivity index is 1.68. The molecule has 0 amide bonds. The molecule has 35 heavy (non-hydrogen) atoms. The first-order chi connectivity index (χ1) is 16.9. The maximum Gasteiger partial charge on any atom is 0.163 e. The zero-order chi connectivity index (χ0) is 24.5. The first kappa shape index (κ1) is 23.5. The van der Waals surface area contributed by atoms with Crippen molar-refractivity contribution in [3.8, 4) is 0 Å². The lowest BCUT2D eigenvalue weighted by atomic mass is 9.79. The molecule has 1 aliphatic rings. The van der Waals surface area contributed by atoms with Crippen LogP contribution in [0.5, 0.6) is 0 Å². The van der Waals surface area contributed by atoms with Crippen LogP contribution < -0.4 is 0 Å². The van der Waals surface area contributed by atoms with Gasteiger partial charge in [0, 0.05) is 0 Å². The molecule has 0 unspecified atom stereocenters. The van der Waals surface area contributed by atoms with E-state index in [1.807, 2.05) is 24.3 Å². The van der Waals surface area contributed by atoms with Crippen molar-refractivity contribution in [2.24, 2.45) is 0 Å². The van der Waals surface area contributed by atoms with E-state index in [0.717, 1.165) is 0 Å². The Morgan fingerprint density at radius 3 is 0.943 bits per heavy atom. The summed E-state index contributed by atoms with van der Waals surface area (Å²) >= 11 is 0. The van der Waals surface area contributed by atoms with E-state index >= 15 is 0 Å². The predicted octanol–water partition coefficient (Wildman–Crippen LogP) is 4.80. The normalized spacial score (nSPS) is 19.9. The molecular weight excluding hydrogens is 456 g/mol. The molecule has 4 nitrogen and oxygen atoms in total. The average Bonchev–Trinajstić information content (AvgIpc) is 3.25. The predicted molar refractivity (Wildman–Crippen MR) is 137 cm³/mol. The summed E-state index contributed by atoms with van der Waals surface area (Å²) in [5, 5.41) is 22.3. The van der Waals surface area contributed by atoms with Crippen LogP contribution in [0.2, 0.25) is 0 Å². The van der Waals surface area contributed by atoms with Gasteiger partial charge in [-0.15, -0.1) is 0 Å². The van der Waals surface area contributed by atoms with Crippen LogP contribution in [0.3, 0.4) is 0 Å². The molecule has 4 aromatic carbocycles. The monoisotopic (exact) mass is 484 g/mol. The Labute approximate surface area is 206 Å². The summed E-state index contributed by atoms with van der Waals surface area (Å²) in [6, 6.07) is 35.8. The van der Waals surface area contributed by atoms with Gasteiger partial charge in [0.1, 0.15) is 11.2 Å². The molecule has 0 saturated carbocycles. The van der Waals surface area contributed by atoms with E-state index in [1.165, 1.54) is 0 Å². The smallest absolute Gasteiger partial charge is 0.163 e. The lowest BCUT2D eigenvalue weighted by Crippen LogP contribution is -2.49. The van der Waals surface area contributed by atoms with Crippen LogP contribution in [0.25, 0.3) is 0 Å². The Morgan fingerprint density at radius 1 is 0.486 bits per heavy atom. The number of sulfone groups is 1. The summed E-state index contributed by atoms with van der Waals surface area (Å²) in [5.74, 6) is 0. The second-order valence-electron chi connectivity index (χ2n) is 9.14. The number of hydrogen-bond donors (Lipinski definition) is 2. The van der Waals surface area contributed by atoms with E-state index < -0.39 is 31.5 Å². The molecule has 0 bridgehead atoms. The van der Waals surface area contributed by atoms with E-state index in [1.54, 1.807) is 97.1 Å². The van der Waals surface area contributed by atoms with Crippen LogP contribution in [0.4, 0.5) is 0 Å². The summed E-state index contributed by atoms with van der Waals surface area (Å²) in [6.07, 6.45) is 0.435. The molecule has 0 aromatic heterocycles. The molecule has 1 heterocycles. The van der Waals surface area contributed by atoms with Crippen LogP contribution in [0.1, 0.15) is 35.1 Å². The quantitative estimate of drug-likeness (QED) is 0.412. The lowest BCUT2D eigenvalue weighted by molar-refractivity contribution is 0.0718. The highest BCUT2D eigenvalue weighted by Crippen LogP contribution is 2.50. The van der Waals surface area contributed by atoms with Gasteiger partial charge in [0.15, 0.2) is 9.84 Å². The van der Waals surface area contributed by atoms with Gasteiger partial charge in [-0.1, -0.05) is 121 Å². The first-order valence-corrected chi connectivity index (χ1v) is 13.4. The summed E-state index contributed by atoms with van der Waals surface area (Å²) in [7, 11) is -4.04. The van der Waals surface area contributed by atoms with E-state index in [-0.39, 0.29) is 12.8 Å². The summed E-state index contributed by atoms with van der Waals surface area (Å²) in [6.45, 7) is 0. The Kier molecular flexibility index (Phi) is 6.09. The molecule has 0 radical (unpaired) electrons. The maximum atomic E-state index is 14.4. The summed E-state index contributed by atoms with van der Waals surface area (Å²) in [4.78, 5) is 0. The average molecular weight is 485 g/mol. The third-order valence-electron chi connectivity index (χ3n) is 7.27. The highest BCUT2D eigenvalue weighted by Gasteiger charge is 2.60.